The van der Waals surface area contributed by atoms with Gasteiger partial charge in [0.25, 0.3) is 0 Å². The summed E-state index contributed by atoms with van der Waals surface area (Å²) in [6, 6.07) is 3.63. The Bertz CT molecular complexity index is 558. The van der Waals surface area contributed by atoms with Crippen molar-refractivity contribution in [2.45, 2.75) is 18.8 Å². The first kappa shape index (κ1) is 12.8. The standard InChI is InChI=1S/C14H14N2O4/c17-13(16-7-8-2-1-5-15-6-8)11-9-3-4-10(20-9)12(11)14(18)19/h1-6,9-12H,7H2,(H,16,17)(H,18,19)/t9-,10+,11-,12-/m1/s1. The fourth-order valence-corrected chi connectivity index (χ4v) is 2.72. The number of rotatable bonds is 4. The number of amides is 1. The van der Waals surface area contributed by atoms with Crippen LogP contribution in [-0.2, 0) is 20.9 Å². The third kappa shape index (κ3) is 2.18. The maximum atomic E-state index is 12.2. The molecule has 0 radical (unpaired) electrons. The van der Waals surface area contributed by atoms with E-state index in [-0.39, 0.29) is 5.91 Å². The Hall–Kier alpha value is -2.21. The summed E-state index contributed by atoms with van der Waals surface area (Å²) in [6.45, 7) is 0.330. The zero-order chi connectivity index (χ0) is 14.1. The third-order valence-corrected chi connectivity index (χ3v) is 3.68. The molecule has 0 unspecified atom stereocenters. The van der Waals surface area contributed by atoms with E-state index in [4.69, 9.17) is 4.74 Å². The first-order valence-corrected chi connectivity index (χ1v) is 6.40. The third-order valence-electron chi connectivity index (χ3n) is 3.68. The van der Waals surface area contributed by atoms with Gasteiger partial charge in [0.2, 0.25) is 5.91 Å². The van der Waals surface area contributed by atoms with Crippen molar-refractivity contribution >= 4 is 11.9 Å². The van der Waals surface area contributed by atoms with Gasteiger partial charge in [-0.15, -0.1) is 0 Å². The molecular weight excluding hydrogens is 260 g/mol. The SMILES string of the molecule is O=C(O)[C@H]1[C@H](C(=O)NCc2cccnc2)[C@H]2C=C[C@@H]1O2. The molecule has 1 aromatic rings. The van der Waals surface area contributed by atoms with Gasteiger partial charge in [-0.2, -0.15) is 0 Å². The molecule has 2 N–H and O–H groups in total. The van der Waals surface area contributed by atoms with E-state index < -0.39 is 30.0 Å². The number of carbonyl (C=O) groups is 2. The molecule has 0 saturated carbocycles. The first-order valence-electron chi connectivity index (χ1n) is 6.40. The van der Waals surface area contributed by atoms with Gasteiger partial charge in [0.15, 0.2) is 0 Å². The minimum absolute atomic E-state index is 0.293. The second kappa shape index (κ2) is 5.05. The van der Waals surface area contributed by atoms with Crippen molar-refractivity contribution < 1.29 is 19.4 Å². The molecular formula is C14H14N2O4. The maximum absolute atomic E-state index is 12.2. The molecule has 6 heteroatoms. The van der Waals surface area contributed by atoms with Gasteiger partial charge in [0, 0.05) is 18.9 Å². The lowest BCUT2D eigenvalue weighted by molar-refractivity contribution is -0.146. The van der Waals surface area contributed by atoms with Crippen molar-refractivity contribution in [1.29, 1.82) is 0 Å². The summed E-state index contributed by atoms with van der Waals surface area (Å²) in [4.78, 5) is 27.5. The molecule has 2 aliphatic rings. The van der Waals surface area contributed by atoms with Crippen LogP contribution in [-0.4, -0.2) is 34.2 Å². The highest BCUT2D eigenvalue weighted by Gasteiger charge is 2.53. The highest BCUT2D eigenvalue weighted by atomic mass is 16.5. The van der Waals surface area contributed by atoms with Gasteiger partial charge in [0.1, 0.15) is 5.92 Å². The molecule has 1 fully saturated rings. The Morgan fingerprint density at radius 3 is 2.70 bits per heavy atom. The number of carbonyl (C=O) groups excluding carboxylic acids is 1. The second-order valence-corrected chi connectivity index (χ2v) is 4.92. The number of pyridine rings is 1. The molecule has 4 atom stereocenters. The van der Waals surface area contributed by atoms with Gasteiger partial charge >= 0.3 is 5.97 Å². The second-order valence-electron chi connectivity index (χ2n) is 4.92. The van der Waals surface area contributed by atoms with Crippen LogP contribution in [0.15, 0.2) is 36.7 Å². The van der Waals surface area contributed by atoms with Crippen LogP contribution in [0.4, 0.5) is 0 Å². The molecule has 3 rings (SSSR count). The Kier molecular flexibility index (Phi) is 3.23. The van der Waals surface area contributed by atoms with Crippen molar-refractivity contribution in [3.8, 4) is 0 Å². The van der Waals surface area contributed by atoms with Crippen LogP contribution in [0.3, 0.4) is 0 Å². The summed E-state index contributed by atoms with van der Waals surface area (Å²) in [6.07, 6.45) is 5.86. The lowest BCUT2D eigenvalue weighted by Gasteiger charge is -2.20. The summed E-state index contributed by atoms with van der Waals surface area (Å²) in [7, 11) is 0. The van der Waals surface area contributed by atoms with Crippen molar-refractivity contribution in [3.05, 3.63) is 42.2 Å². The molecule has 1 amide bonds. The van der Waals surface area contributed by atoms with Crippen LogP contribution in [0.25, 0.3) is 0 Å². The molecule has 104 valence electrons. The normalized spacial score (nSPS) is 30.4. The number of nitrogens with zero attached hydrogens (tertiary/aromatic N) is 1. The van der Waals surface area contributed by atoms with E-state index in [1.165, 1.54) is 0 Å². The van der Waals surface area contributed by atoms with Gasteiger partial charge in [0.05, 0.1) is 18.1 Å². The highest BCUT2D eigenvalue weighted by Crippen LogP contribution is 2.39. The number of aromatic nitrogens is 1. The van der Waals surface area contributed by atoms with Crippen LogP contribution in [0.2, 0.25) is 0 Å². The van der Waals surface area contributed by atoms with E-state index in [9.17, 15) is 14.7 Å². The molecule has 0 aromatic carbocycles. The molecule has 0 aliphatic carbocycles. The Labute approximate surface area is 115 Å². The average Bonchev–Trinajstić information content (AvgIpc) is 3.06. The van der Waals surface area contributed by atoms with Crippen molar-refractivity contribution in [2.24, 2.45) is 11.8 Å². The zero-order valence-corrected chi connectivity index (χ0v) is 10.6. The lowest BCUT2D eigenvalue weighted by Crippen LogP contribution is -2.42. The van der Waals surface area contributed by atoms with Crippen LogP contribution < -0.4 is 5.32 Å². The van der Waals surface area contributed by atoms with Crippen molar-refractivity contribution in [2.75, 3.05) is 0 Å². The number of hydrogen-bond acceptors (Lipinski definition) is 4. The van der Waals surface area contributed by atoms with Gasteiger partial charge in [-0.3, -0.25) is 14.6 Å². The summed E-state index contributed by atoms with van der Waals surface area (Å²) in [5.74, 6) is -2.76. The minimum Gasteiger partial charge on any atom is -0.481 e. The van der Waals surface area contributed by atoms with Gasteiger partial charge in [-0.05, 0) is 11.6 Å². The predicted octanol–water partition coefficient (Wildman–Crippen LogP) is 0.352. The first-order chi connectivity index (χ1) is 9.66. The van der Waals surface area contributed by atoms with Gasteiger partial charge in [-0.1, -0.05) is 18.2 Å². The molecule has 3 heterocycles. The molecule has 2 aliphatic heterocycles. The van der Waals surface area contributed by atoms with Crippen LogP contribution >= 0.6 is 0 Å². The number of carboxylic acids is 1. The fraction of sp³-hybridized carbons (Fsp3) is 0.357. The molecule has 1 aromatic heterocycles. The van der Waals surface area contributed by atoms with E-state index in [2.05, 4.69) is 10.3 Å². The zero-order valence-electron chi connectivity index (χ0n) is 10.6. The highest BCUT2D eigenvalue weighted by molar-refractivity contribution is 5.87. The van der Waals surface area contributed by atoms with E-state index >= 15 is 0 Å². The van der Waals surface area contributed by atoms with Crippen molar-refractivity contribution in [1.82, 2.24) is 10.3 Å². The van der Waals surface area contributed by atoms with Gasteiger partial charge in [-0.25, -0.2) is 0 Å². The molecule has 6 nitrogen and oxygen atoms in total. The van der Waals surface area contributed by atoms with E-state index in [0.717, 1.165) is 5.56 Å². The summed E-state index contributed by atoms with van der Waals surface area (Å²) in [5.41, 5.74) is 0.868. The van der Waals surface area contributed by atoms with E-state index in [1.807, 2.05) is 6.07 Å². The Morgan fingerprint density at radius 2 is 2.05 bits per heavy atom. The molecule has 0 spiro atoms. The Morgan fingerprint density at radius 1 is 1.30 bits per heavy atom. The predicted molar refractivity (Wildman–Crippen MR) is 68.5 cm³/mol. The quantitative estimate of drug-likeness (QED) is 0.773. The summed E-state index contributed by atoms with van der Waals surface area (Å²) >= 11 is 0. The minimum atomic E-state index is -0.997. The van der Waals surface area contributed by atoms with Crippen molar-refractivity contribution in [3.63, 3.8) is 0 Å². The molecule has 20 heavy (non-hydrogen) atoms. The largest absolute Gasteiger partial charge is 0.481 e. The number of hydrogen-bond donors (Lipinski definition) is 2. The van der Waals surface area contributed by atoms with Gasteiger partial charge < -0.3 is 15.2 Å². The van der Waals surface area contributed by atoms with Crippen LogP contribution in [0, 0.1) is 11.8 Å². The number of fused-ring (bicyclic) bond motifs is 2. The molecule has 1 saturated heterocycles. The van der Waals surface area contributed by atoms with Crippen LogP contribution in [0.5, 0.6) is 0 Å². The summed E-state index contributed by atoms with van der Waals surface area (Å²) in [5, 5.41) is 12.0. The number of ether oxygens (including phenoxy) is 1. The van der Waals surface area contributed by atoms with Crippen LogP contribution in [0.1, 0.15) is 5.56 Å². The topological polar surface area (TPSA) is 88.5 Å². The number of nitrogens with one attached hydrogen (secondary N) is 1. The monoisotopic (exact) mass is 274 g/mol. The fourth-order valence-electron chi connectivity index (χ4n) is 2.72. The molecule has 2 bridgehead atoms. The van der Waals surface area contributed by atoms with E-state index in [0.29, 0.717) is 6.54 Å². The van der Waals surface area contributed by atoms with E-state index in [1.54, 1.807) is 30.6 Å². The average molecular weight is 274 g/mol. The number of carboxylic acid groups (broad SMARTS) is 1. The summed E-state index contributed by atoms with van der Waals surface area (Å²) < 4.78 is 5.47. The smallest absolute Gasteiger partial charge is 0.310 e. The number of aliphatic carboxylic acids is 1. The Balaban J connectivity index is 1.68. The lowest BCUT2D eigenvalue weighted by atomic mass is 9.82. The maximum Gasteiger partial charge on any atom is 0.310 e.